The third-order valence-electron chi connectivity index (χ3n) is 4.61. The molecule has 0 saturated heterocycles. The molecule has 0 bridgehead atoms. The molecule has 4 nitrogen and oxygen atoms in total. The van der Waals surface area contributed by atoms with Crippen LogP contribution in [0.1, 0.15) is 12.5 Å². The summed E-state index contributed by atoms with van der Waals surface area (Å²) in [5.74, 6) is 2.11. The highest BCUT2D eigenvalue weighted by molar-refractivity contribution is 5.99. The van der Waals surface area contributed by atoms with Crippen LogP contribution >= 0.6 is 0 Å². The predicted octanol–water partition coefficient (Wildman–Crippen LogP) is 4.21. The molecule has 0 N–H and O–H groups in total. The smallest absolute Gasteiger partial charge is 0.197 e. The number of nitrogens with zero attached hydrogens (tertiary/aromatic N) is 2. The number of hydrogen-bond donors (Lipinski definition) is 0. The first-order chi connectivity index (χ1) is 11.8. The normalized spacial score (nSPS) is 12.2. The second-order valence-electron chi connectivity index (χ2n) is 5.95. The minimum Gasteiger partial charge on any atom is -0.451 e. The first-order valence-electron chi connectivity index (χ1n) is 8.01. The van der Waals surface area contributed by atoms with E-state index in [1.807, 2.05) is 42.5 Å². The van der Waals surface area contributed by atoms with Crippen LogP contribution in [-0.2, 0) is 6.42 Å². The highest BCUT2D eigenvalue weighted by atomic mass is 16.5. The molecule has 1 aliphatic heterocycles. The summed E-state index contributed by atoms with van der Waals surface area (Å²) >= 11 is 0. The van der Waals surface area contributed by atoms with Crippen LogP contribution < -0.4 is 10.2 Å². The molecule has 0 radical (unpaired) electrons. The number of ether oxygens (including phenoxy) is 1. The SMILES string of the molecule is CCc1ccc2c(=O)c3cccc4c3n(c2c1)-c1ncccc1O4. The molecule has 2 aromatic carbocycles. The van der Waals surface area contributed by atoms with Crippen molar-refractivity contribution in [3.8, 4) is 17.3 Å². The fraction of sp³-hybridized carbons (Fsp3) is 0.100. The van der Waals surface area contributed by atoms with Crippen molar-refractivity contribution >= 4 is 21.8 Å². The van der Waals surface area contributed by atoms with Crippen LogP contribution in [0, 0.1) is 0 Å². The molecule has 5 rings (SSSR count). The molecule has 0 fully saturated rings. The van der Waals surface area contributed by atoms with Gasteiger partial charge in [0.25, 0.3) is 0 Å². The molecule has 1 aliphatic rings. The van der Waals surface area contributed by atoms with Crippen LogP contribution in [0.4, 0.5) is 0 Å². The summed E-state index contributed by atoms with van der Waals surface area (Å²) < 4.78 is 8.04. The number of aryl methyl sites for hydroxylation is 1. The Morgan fingerprint density at radius 2 is 1.92 bits per heavy atom. The van der Waals surface area contributed by atoms with Crippen molar-refractivity contribution in [2.75, 3.05) is 0 Å². The molecule has 0 aliphatic carbocycles. The van der Waals surface area contributed by atoms with Crippen molar-refractivity contribution in [3.05, 3.63) is 70.5 Å². The van der Waals surface area contributed by atoms with E-state index in [0.29, 0.717) is 22.3 Å². The summed E-state index contributed by atoms with van der Waals surface area (Å²) in [5, 5.41) is 1.36. The van der Waals surface area contributed by atoms with E-state index in [-0.39, 0.29) is 5.43 Å². The maximum Gasteiger partial charge on any atom is 0.197 e. The zero-order valence-electron chi connectivity index (χ0n) is 13.1. The van der Waals surface area contributed by atoms with Gasteiger partial charge in [-0.2, -0.15) is 0 Å². The van der Waals surface area contributed by atoms with Gasteiger partial charge >= 0.3 is 0 Å². The zero-order chi connectivity index (χ0) is 16.3. The number of benzene rings is 2. The molecular formula is C20H14N2O2. The Morgan fingerprint density at radius 3 is 2.79 bits per heavy atom. The lowest BCUT2D eigenvalue weighted by atomic mass is 10.0. The Balaban J connectivity index is 2.11. The van der Waals surface area contributed by atoms with Gasteiger partial charge in [-0.3, -0.25) is 9.36 Å². The number of para-hydroxylation sites is 1. The Morgan fingerprint density at radius 1 is 1.04 bits per heavy atom. The van der Waals surface area contributed by atoms with E-state index in [1.165, 1.54) is 5.56 Å². The molecule has 0 atom stereocenters. The average molecular weight is 314 g/mol. The average Bonchev–Trinajstić information content (AvgIpc) is 2.64. The molecule has 0 saturated carbocycles. The fourth-order valence-corrected chi connectivity index (χ4v) is 3.43. The lowest BCUT2D eigenvalue weighted by Crippen LogP contribution is -2.15. The van der Waals surface area contributed by atoms with Gasteiger partial charge in [0.05, 0.1) is 10.9 Å². The van der Waals surface area contributed by atoms with E-state index in [2.05, 4.69) is 22.5 Å². The van der Waals surface area contributed by atoms with Crippen molar-refractivity contribution in [1.29, 1.82) is 0 Å². The van der Waals surface area contributed by atoms with E-state index in [0.717, 1.165) is 23.3 Å². The maximum absolute atomic E-state index is 13.0. The highest BCUT2D eigenvalue weighted by Crippen LogP contribution is 2.40. The third kappa shape index (κ3) is 1.62. The largest absolute Gasteiger partial charge is 0.451 e. The van der Waals surface area contributed by atoms with Crippen LogP contribution in [0.5, 0.6) is 11.5 Å². The molecule has 116 valence electrons. The minimum atomic E-state index is 0.0312. The molecule has 3 heterocycles. The van der Waals surface area contributed by atoms with Crippen LogP contribution in [0.2, 0.25) is 0 Å². The molecule has 4 heteroatoms. The second-order valence-corrected chi connectivity index (χ2v) is 5.95. The summed E-state index contributed by atoms with van der Waals surface area (Å²) in [6.45, 7) is 2.11. The highest BCUT2D eigenvalue weighted by Gasteiger charge is 2.23. The summed E-state index contributed by atoms with van der Waals surface area (Å²) in [4.78, 5) is 17.5. The van der Waals surface area contributed by atoms with E-state index in [9.17, 15) is 4.79 Å². The Kier molecular flexibility index (Phi) is 2.59. The number of rotatable bonds is 1. The minimum absolute atomic E-state index is 0.0312. The Hall–Kier alpha value is -3.14. The van der Waals surface area contributed by atoms with Crippen molar-refractivity contribution in [3.63, 3.8) is 0 Å². The molecule has 2 aromatic heterocycles. The van der Waals surface area contributed by atoms with Gasteiger partial charge < -0.3 is 4.74 Å². The Labute approximate surface area is 138 Å². The van der Waals surface area contributed by atoms with E-state index in [4.69, 9.17) is 4.74 Å². The van der Waals surface area contributed by atoms with Gasteiger partial charge in [0.1, 0.15) is 5.52 Å². The predicted molar refractivity (Wildman–Crippen MR) is 94.3 cm³/mol. The van der Waals surface area contributed by atoms with Crippen LogP contribution in [0.25, 0.3) is 27.6 Å². The number of hydrogen-bond acceptors (Lipinski definition) is 3. The van der Waals surface area contributed by atoms with Gasteiger partial charge in [-0.05, 0) is 48.4 Å². The first-order valence-corrected chi connectivity index (χ1v) is 8.01. The monoisotopic (exact) mass is 314 g/mol. The summed E-state index contributed by atoms with van der Waals surface area (Å²) in [6, 6.07) is 15.4. The van der Waals surface area contributed by atoms with Crippen molar-refractivity contribution in [1.82, 2.24) is 9.55 Å². The zero-order valence-corrected chi connectivity index (χ0v) is 13.1. The van der Waals surface area contributed by atoms with Crippen molar-refractivity contribution < 1.29 is 4.74 Å². The second kappa shape index (κ2) is 4.68. The fourth-order valence-electron chi connectivity index (χ4n) is 3.43. The Bertz CT molecular complexity index is 1190. The van der Waals surface area contributed by atoms with Crippen LogP contribution in [0.15, 0.2) is 59.5 Å². The van der Waals surface area contributed by atoms with E-state index < -0.39 is 0 Å². The van der Waals surface area contributed by atoms with Gasteiger partial charge in [-0.15, -0.1) is 0 Å². The van der Waals surface area contributed by atoms with E-state index in [1.54, 1.807) is 6.20 Å². The van der Waals surface area contributed by atoms with Gasteiger partial charge in [-0.25, -0.2) is 4.98 Å². The van der Waals surface area contributed by atoms with Crippen molar-refractivity contribution in [2.45, 2.75) is 13.3 Å². The molecule has 4 aromatic rings. The first kappa shape index (κ1) is 13.3. The van der Waals surface area contributed by atoms with Gasteiger partial charge in [0, 0.05) is 11.6 Å². The standard InChI is InChI=1S/C20H14N2O2/c1-2-12-8-9-13-15(11-12)22-18-14(19(13)23)5-3-6-16(18)24-17-7-4-10-21-20(17)22/h3-11H,2H2,1H3. The third-order valence-corrected chi connectivity index (χ3v) is 4.61. The van der Waals surface area contributed by atoms with Gasteiger partial charge in [-0.1, -0.05) is 19.1 Å². The van der Waals surface area contributed by atoms with E-state index >= 15 is 0 Å². The summed E-state index contributed by atoms with van der Waals surface area (Å²) in [5.41, 5.74) is 2.88. The lowest BCUT2D eigenvalue weighted by Gasteiger charge is -2.23. The molecule has 0 unspecified atom stereocenters. The van der Waals surface area contributed by atoms with Gasteiger partial charge in [0.2, 0.25) is 0 Å². The van der Waals surface area contributed by atoms with Crippen LogP contribution in [0.3, 0.4) is 0 Å². The number of fused-ring (bicyclic) bond motifs is 4. The lowest BCUT2D eigenvalue weighted by molar-refractivity contribution is 0.472. The summed E-state index contributed by atoms with van der Waals surface area (Å²) in [6.07, 6.45) is 2.66. The van der Waals surface area contributed by atoms with Crippen molar-refractivity contribution in [2.24, 2.45) is 0 Å². The molecule has 0 amide bonds. The topological polar surface area (TPSA) is 44.1 Å². The molecule has 24 heavy (non-hydrogen) atoms. The number of aromatic nitrogens is 2. The molecular weight excluding hydrogens is 300 g/mol. The van der Waals surface area contributed by atoms with Gasteiger partial charge in [0.15, 0.2) is 22.7 Å². The maximum atomic E-state index is 13.0. The van der Waals surface area contributed by atoms with Crippen LogP contribution in [-0.4, -0.2) is 9.55 Å². The summed E-state index contributed by atoms with van der Waals surface area (Å²) in [7, 11) is 0. The quantitative estimate of drug-likeness (QED) is 0.435. The molecule has 0 spiro atoms. The number of pyridine rings is 2.